The number of hydrogen-bond acceptors (Lipinski definition) is 4. The van der Waals surface area contributed by atoms with Gasteiger partial charge in [0.05, 0.1) is 19.9 Å². The number of hydrogen-bond donors (Lipinski definition) is 0. The average Bonchev–Trinajstić information content (AvgIpc) is 2.77. The van der Waals surface area contributed by atoms with E-state index >= 15 is 0 Å². The number of fused-ring (bicyclic) bond motifs is 1. The molecule has 3 aromatic carbocycles. The molecule has 0 saturated carbocycles. The molecule has 2 amide bonds. The van der Waals surface area contributed by atoms with Gasteiger partial charge in [-0.1, -0.05) is 42.5 Å². The fourth-order valence-electron chi connectivity index (χ4n) is 3.63. The van der Waals surface area contributed by atoms with E-state index in [0.717, 1.165) is 11.1 Å². The third-order valence-electron chi connectivity index (χ3n) is 5.16. The van der Waals surface area contributed by atoms with E-state index in [4.69, 9.17) is 9.47 Å². The topological polar surface area (TPSA) is 55.8 Å². The molecule has 0 atom stereocenters. The van der Waals surface area contributed by atoms with Crippen molar-refractivity contribution in [2.45, 2.75) is 6.92 Å². The quantitative estimate of drug-likeness (QED) is 0.470. The molecule has 4 rings (SSSR count). The summed E-state index contributed by atoms with van der Waals surface area (Å²) in [6, 6.07) is 20.0. The van der Waals surface area contributed by atoms with Crippen LogP contribution in [0.2, 0.25) is 0 Å². The molecule has 0 saturated heterocycles. The SMILES string of the molecule is COc1ccc(/C=C2/C(=O)N(c3ccccc3C)C(=O)c3ccccc32)cc1OC. The van der Waals surface area contributed by atoms with Crippen LogP contribution < -0.4 is 14.4 Å². The highest BCUT2D eigenvalue weighted by atomic mass is 16.5. The molecule has 0 fully saturated rings. The number of para-hydroxylation sites is 1. The van der Waals surface area contributed by atoms with Gasteiger partial charge in [0.25, 0.3) is 11.8 Å². The van der Waals surface area contributed by atoms with Crippen molar-refractivity contribution in [3.05, 3.63) is 89.0 Å². The van der Waals surface area contributed by atoms with Crippen LogP contribution in [0.3, 0.4) is 0 Å². The van der Waals surface area contributed by atoms with E-state index in [1.807, 2.05) is 37.3 Å². The molecule has 0 unspecified atom stereocenters. The van der Waals surface area contributed by atoms with Gasteiger partial charge in [-0.15, -0.1) is 0 Å². The molecule has 0 spiro atoms. The molecule has 0 aliphatic carbocycles. The Morgan fingerprint density at radius 2 is 1.43 bits per heavy atom. The summed E-state index contributed by atoms with van der Waals surface area (Å²) in [6.07, 6.45) is 1.78. The number of carbonyl (C=O) groups is 2. The van der Waals surface area contributed by atoms with Crippen LogP contribution in [0.25, 0.3) is 11.6 Å². The lowest BCUT2D eigenvalue weighted by Gasteiger charge is -2.29. The van der Waals surface area contributed by atoms with Crippen LogP contribution in [0.1, 0.15) is 27.0 Å². The first-order chi connectivity index (χ1) is 14.5. The summed E-state index contributed by atoms with van der Waals surface area (Å²) in [5.41, 5.74) is 3.76. The molecule has 1 heterocycles. The van der Waals surface area contributed by atoms with Crippen molar-refractivity contribution in [3.8, 4) is 11.5 Å². The Bertz CT molecular complexity index is 1180. The van der Waals surface area contributed by atoms with Crippen LogP contribution in [0, 0.1) is 6.92 Å². The fourth-order valence-corrected chi connectivity index (χ4v) is 3.63. The van der Waals surface area contributed by atoms with E-state index in [2.05, 4.69) is 0 Å². The number of nitrogens with zero attached hydrogens (tertiary/aromatic N) is 1. The van der Waals surface area contributed by atoms with E-state index in [1.165, 1.54) is 4.90 Å². The maximum absolute atomic E-state index is 13.5. The Morgan fingerprint density at radius 3 is 2.13 bits per heavy atom. The monoisotopic (exact) mass is 399 g/mol. The van der Waals surface area contributed by atoms with Crippen molar-refractivity contribution in [2.75, 3.05) is 19.1 Å². The zero-order valence-electron chi connectivity index (χ0n) is 17.0. The van der Waals surface area contributed by atoms with E-state index in [9.17, 15) is 9.59 Å². The van der Waals surface area contributed by atoms with Crippen LogP contribution in [0.4, 0.5) is 5.69 Å². The number of carbonyl (C=O) groups excluding carboxylic acids is 2. The van der Waals surface area contributed by atoms with Crippen molar-refractivity contribution in [1.82, 2.24) is 0 Å². The number of amides is 2. The molecule has 1 aliphatic rings. The van der Waals surface area contributed by atoms with E-state index in [0.29, 0.717) is 33.9 Å². The second-order valence-electron chi connectivity index (χ2n) is 6.95. The third-order valence-corrected chi connectivity index (χ3v) is 5.16. The van der Waals surface area contributed by atoms with Crippen LogP contribution in [-0.4, -0.2) is 26.0 Å². The van der Waals surface area contributed by atoms with E-state index in [1.54, 1.807) is 56.7 Å². The molecule has 5 heteroatoms. The fraction of sp³-hybridized carbons (Fsp3) is 0.120. The van der Waals surface area contributed by atoms with Crippen LogP contribution >= 0.6 is 0 Å². The van der Waals surface area contributed by atoms with Gasteiger partial charge in [0, 0.05) is 11.1 Å². The molecule has 150 valence electrons. The Balaban J connectivity index is 1.90. The number of ether oxygens (including phenoxy) is 2. The Labute approximate surface area is 175 Å². The van der Waals surface area contributed by atoms with Gasteiger partial charge in [0.15, 0.2) is 11.5 Å². The Morgan fingerprint density at radius 1 is 0.767 bits per heavy atom. The number of methoxy groups -OCH3 is 2. The highest BCUT2D eigenvalue weighted by molar-refractivity contribution is 6.43. The van der Waals surface area contributed by atoms with Gasteiger partial charge in [0.2, 0.25) is 0 Å². The molecule has 0 aromatic heterocycles. The van der Waals surface area contributed by atoms with Crippen molar-refractivity contribution in [2.24, 2.45) is 0 Å². The summed E-state index contributed by atoms with van der Waals surface area (Å²) < 4.78 is 10.7. The molecule has 0 bridgehead atoms. The third kappa shape index (κ3) is 3.24. The average molecular weight is 399 g/mol. The predicted molar refractivity (Wildman–Crippen MR) is 117 cm³/mol. The summed E-state index contributed by atoms with van der Waals surface area (Å²) in [7, 11) is 3.14. The maximum Gasteiger partial charge on any atom is 0.265 e. The molecule has 1 aliphatic heterocycles. The zero-order chi connectivity index (χ0) is 21.3. The molecule has 3 aromatic rings. The molecule has 5 nitrogen and oxygen atoms in total. The normalized spacial score (nSPS) is 14.6. The first kappa shape index (κ1) is 19.5. The summed E-state index contributed by atoms with van der Waals surface area (Å²) in [5, 5.41) is 0. The standard InChI is InChI=1S/C25H21NO4/c1-16-8-4-7-11-21(16)26-24(27)19-10-6-5-9-18(19)20(25(26)28)14-17-12-13-22(29-2)23(15-17)30-3/h4-15H,1-3H3/b20-14+. The minimum atomic E-state index is -0.359. The molecule has 0 radical (unpaired) electrons. The molecule has 0 N–H and O–H groups in total. The number of imide groups is 1. The van der Waals surface area contributed by atoms with Gasteiger partial charge in [-0.05, 0) is 54.0 Å². The number of rotatable bonds is 4. The van der Waals surface area contributed by atoms with Crippen molar-refractivity contribution < 1.29 is 19.1 Å². The Hall–Kier alpha value is -3.86. The lowest BCUT2D eigenvalue weighted by atomic mass is 9.91. The highest BCUT2D eigenvalue weighted by Crippen LogP contribution is 2.35. The smallest absolute Gasteiger partial charge is 0.265 e. The molecule has 30 heavy (non-hydrogen) atoms. The second-order valence-corrected chi connectivity index (χ2v) is 6.95. The van der Waals surface area contributed by atoms with Crippen LogP contribution in [0.5, 0.6) is 11.5 Å². The summed E-state index contributed by atoms with van der Waals surface area (Å²) in [5.74, 6) is 0.485. The largest absolute Gasteiger partial charge is 0.493 e. The molecular formula is C25H21NO4. The summed E-state index contributed by atoms with van der Waals surface area (Å²) >= 11 is 0. The van der Waals surface area contributed by atoms with Gasteiger partial charge in [-0.25, -0.2) is 4.90 Å². The van der Waals surface area contributed by atoms with Gasteiger partial charge in [-0.3, -0.25) is 9.59 Å². The van der Waals surface area contributed by atoms with Crippen molar-refractivity contribution in [1.29, 1.82) is 0 Å². The minimum Gasteiger partial charge on any atom is -0.493 e. The first-order valence-electron chi connectivity index (χ1n) is 9.52. The second kappa shape index (κ2) is 7.87. The highest BCUT2D eigenvalue weighted by Gasteiger charge is 2.36. The summed E-state index contributed by atoms with van der Waals surface area (Å²) in [4.78, 5) is 28.0. The van der Waals surface area contributed by atoms with Crippen LogP contribution in [-0.2, 0) is 4.79 Å². The van der Waals surface area contributed by atoms with E-state index < -0.39 is 0 Å². The van der Waals surface area contributed by atoms with Crippen LogP contribution in [0.15, 0.2) is 66.7 Å². The number of aryl methyl sites for hydroxylation is 1. The first-order valence-corrected chi connectivity index (χ1v) is 9.52. The number of anilines is 1. The maximum atomic E-state index is 13.5. The predicted octanol–water partition coefficient (Wildman–Crippen LogP) is 4.74. The van der Waals surface area contributed by atoms with Gasteiger partial charge >= 0.3 is 0 Å². The van der Waals surface area contributed by atoms with Gasteiger partial charge in [0.1, 0.15) is 0 Å². The summed E-state index contributed by atoms with van der Waals surface area (Å²) in [6.45, 7) is 1.88. The molecular weight excluding hydrogens is 378 g/mol. The lowest BCUT2D eigenvalue weighted by Crippen LogP contribution is -2.42. The minimum absolute atomic E-state index is 0.325. The van der Waals surface area contributed by atoms with Gasteiger partial charge in [-0.2, -0.15) is 0 Å². The van der Waals surface area contributed by atoms with E-state index in [-0.39, 0.29) is 11.8 Å². The number of benzene rings is 3. The zero-order valence-corrected chi connectivity index (χ0v) is 17.0. The van der Waals surface area contributed by atoms with Crippen molar-refractivity contribution in [3.63, 3.8) is 0 Å². The lowest BCUT2D eigenvalue weighted by molar-refractivity contribution is -0.112. The van der Waals surface area contributed by atoms with Crippen molar-refractivity contribution >= 4 is 29.2 Å². The van der Waals surface area contributed by atoms with Gasteiger partial charge < -0.3 is 9.47 Å². The Kier molecular flexibility index (Phi) is 5.11.